The van der Waals surface area contributed by atoms with E-state index in [-0.39, 0.29) is 18.4 Å². The van der Waals surface area contributed by atoms with E-state index in [0.717, 1.165) is 18.5 Å². The highest BCUT2D eigenvalue weighted by Gasteiger charge is 2.09. The third-order valence-corrected chi connectivity index (χ3v) is 4.10. The van der Waals surface area contributed by atoms with E-state index in [1.165, 1.54) is 11.1 Å². The van der Waals surface area contributed by atoms with Crippen LogP contribution in [0.2, 0.25) is 0 Å². The number of hydrogen-bond acceptors (Lipinski definition) is 4. The molecule has 138 valence electrons. The van der Waals surface area contributed by atoms with Crippen molar-refractivity contribution in [2.24, 2.45) is 0 Å². The van der Waals surface area contributed by atoms with Crippen LogP contribution in [0.15, 0.2) is 42.5 Å². The number of nitrogens with one attached hydrogen (secondary N) is 2. The van der Waals surface area contributed by atoms with Gasteiger partial charge in [0.15, 0.2) is 0 Å². The number of hydrogen-bond donors (Lipinski definition) is 2. The van der Waals surface area contributed by atoms with Crippen molar-refractivity contribution >= 4 is 23.3 Å². The molecule has 0 aliphatic heterocycles. The van der Waals surface area contributed by atoms with Gasteiger partial charge in [-0.05, 0) is 55.2 Å². The lowest BCUT2D eigenvalue weighted by molar-refractivity contribution is -0.114. The predicted octanol–water partition coefficient (Wildman–Crippen LogP) is 4.04. The van der Waals surface area contributed by atoms with Crippen LogP contribution in [0.4, 0.5) is 11.4 Å². The van der Waals surface area contributed by atoms with Crippen molar-refractivity contribution in [1.82, 2.24) is 0 Å². The minimum absolute atomic E-state index is 0.137. The fourth-order valence-corrected chi connectivity index (χ4v) is 2.75. The average molecular weight is 354 g/mol. The second kappa shape index (κ2) is 9.61. The van der Waals surface area contributed by atoms with Crippen LogP contribution in [0.3, 0.4) is 0 Å². The van der Waals surface area contributed by atoms with Gasteiger partial charge in [-0.2, -0.15) is 0 Å². The maximum absolute atomic E-state index is 12.2. The summed E-state index contributed by atoms with van der Waals surface area (Å²) in [6, 6.07) is 12.9. The molecule has 5 heteroatoms. The monoisotopic (exact) mass is 354 g/mol. The Morgan fingerprint density at radius 2 is 1.54 bits per heavy atom. The molecule has 0 unspecified atom stereocenters. The highest BCUT2D eigenvalue weighted by molar-refractivity contribution is 5.95. The highest BCUT2D eigenvalue weighted by atomic mass is 16.5. The first kappa shape index (κ1) is 19.5. The van der Waals surface area contributed by atoms with Gasteiger partial charge in [0.2, 0.25) is 5.91 Å². The normalized spacial score (nSPS) is 10.3. The first-order valence-corrected chi connectivity index (χ1v) is 9.00. The largest absolute Gasteiger partial charge is 0.462 e. The molecule has 0 aliphatic carbocycles. The van der Waals surface area contributed by atoms with Crippen LogP contribution in [-0.4, -0.2) is 25.0 Å². The Balaban J connectivity index is 1.96. The molecule has 0 fully saturated rings. The number of para-hydroxylation sites is 1. The molecule has 0 bridgehead atoms. The Morgan fingerprint density at radius 1 is 0.923 bits per heavy atom. The Kier molecular flexibility index (Phi) is 7.21. The number of ether oxygens (including phenoxy) is 1. The zero-order valence-electron chi connectivity index (χ0n) is 15.6. The third kappa shape index (κ3) is 5.09. The summed E-state index contributed by atoms with van der Waals surface area (Å²) in [4.78, 5) is 23.9. The van der Waals surface area contributed by atoms with Gasteiger partial charge in [-0.15, -0.1) is 0 Å². The summed E-state index contributed by atoms with van der Waals surface area (Å²) >= 11 is 0. The zero-order valence-corrected chi connectivity index (χ0v) is 15.6. The molecule has 26 heavy (non-hydrogen) atoms. The maximum Gasteiger partial charge on any atom is 0.338 e. The van der Waals surface area contributed by atoms with Gasteiger partial charge in [-0.1, -0.05) is 32.0 Å². The number of carbonyl (C=O) groups is 2. The van der Waals surface area contributed by atoms with E-state index in [1.54, 1.807) is 31.2 Å². The smallest absolute Gasteiger partial charge is 0.338 e. The van der Waals surface area contributed by atoms with Crippen LogP contribution in [0.1, 0.15) is 42.3 Å². The van der Waals surface area contributed by atoms with E-state index >= 15 is 0 Å². The Morgan fingerprint density at radius 3 is 2.08 bits per heavy atom. The summed E-state index contributed by atoms with van der Waals surface area (Å²) in [5.74, 6) is -0.503. The van der Waals surface area contributed by atoms with Crippen molar-refractivity contribution in [3.8, 4) is 0 Å². The number of aryl methyl sites for hydroxylation is 2. The number of amides is 1. The van der Waals surface area contributed by atoms with Crippen LogP contribution in [0.5, 0.6) is 0 Å². The average Bonchev–Trinajstić information content (AvgIpc) is 2.66. The lowest BCUT2D eigenvalue weighted by atomic mass is 10.0. The summed E-state index contributed by atoms with van der Waals surface area (Å²) in [7, 11) is 0. The lowest BCUT2D eigenvalue weighted by Gasteiger charge is -2.15. The van der Waals surface area contributed by atoms with Crippen molar-refractivity contribution in [3.63, 3.8) is 0 Å². The minimum Gasteiger partial charge on any atom is -0.462 e. The van der Waals surface area contributed by atoms with Crippen LogP contribution in [-0.2, 0) is 22.4 Å². The second-order valence-corrected chi connectivity index (χ2v) is 5.86. The van der Waals surface area contributed by atoms with Gasteiger partial charge >= 0.3 is 5.97 Å². The highest BCUT2D eigenvalue weighted by Crippen LogP contribution is 2.22. The first-order valence-electron chi connectivity index (χ1n) is 9.00. The summed E-state index contributed by atoms with van der Waals surface area (Å²) in [6.45, 7) is 6.49. The summed E-state index contributed by atoms with van der Waals surface area (Å²) in [6.07, 6.45) is 1.82. The Labute approximate surface area is 154 Å². The fraction of sp³-hybridized carbons (Fsp3) is 0.333. The number of benzene rings is 2. The van der Waals surface area contributed by atoms with Crippen LogP contribution < -0.4 is 10.6 Å². The number of esters is 1. The fourth-order valence-electron chi connectivity index (χ4n) is 2.75. The van der Waals surface area contributed by atoms with E-state index in [4.69, 9.17) is 4.74 Å². The topological polar surface area (TPSA) is 67.4 Å². The molecular formula is C21H26N2O3. The van der Waals surface area contributed by atoms with Gasteiger partial charge in [0, 0.05) is 11.4 Å². The zero-order chi connectivity index (χ0) is 18.9. The van der Waals surface area contributed by atoms with E-state index in [2.05, 4.69) is 36.6 Å². The molecule has 2 rings (SSSR count). The number of anilines is 2. The van der Waals surface area contributed by atoms with Crippen molar-refractivity contribution in [2.75, 3.05) is 23.8 Å². The lowest BCUT2D eigenvalue weighted by Crippen LogP contribution is -2.22. The summed E-state index contributed by atoms with van der Waals surface area (Å²) in [5, 5.41) is 6.10. The molecule has 0 aliphatic rings. The molecule has 0 aromatic heterocycles. The van der Waals surface area contributed by atoms with Crippen LogP contribution in [0.25, 0.3) is 0 Å². The van der Waals surface area contributed by atoms with Crippen molar-refractivity contribution in [1.29, 1.82) is 0 Å². The van der Waals surface area contributed by atoms with Crippen molar-refractivity contribution in [2.45, 2.75) is 33.6 Å². The molecule has 0 saturated heterocycles. The van der Waals surface area contributed by atoms with E-state index < -0.39 is 0 Å². The molecule has 0 saturated carbocycles. The predicted molar refractivity (Wildman–Crippen MR) is 105 cm³/mol. The molecule has 0 radical (unpaired) electrons. The molecule has 2 aromatic rings. The molecule has 0 atom stereocenters. The summed E-state index contributed by atoms with van der Waals surface area (Å²) in [5.41, 5.74) is 4.56. The molecular weight excluding hydrogens is 328 g/mol. The Hall–Kier alpha value is -2.82. The van der Waals surface area contributed by atoms with Gasteiger partial charge in [-0.25, -0.2) is 4.79 Å². The van der Waals surface area contributed by atoms with Gasteiger partial charge in [0.25, 0.3) is 0 Å². The molecule has 0 spiro atoms. The molecule has 2 N–H and O–H groups in total. The van der Waals surface area contributed by atoms with Gasteiger partial charge < -0.3 is 15.4 Å². The molecule has 2 aromatic carbocycles. The summed E-state index contributed by atoms with van der Waals surface area (Å²) < 4.78 is 4.94. The second-order valence-electron chi connectivity index (χ2n) is 5.86. The van der Waals surface area contributed by atoms with E-state index in [9.17, 15) is 9.59 Å². The van der Waals surface area contributed by atoms with Crippen molar-refractivity contribution < 1.29 is 14.3 Å². The van der Waals surface area contributed by atoms with Crippen molar-refractivity contribution in [3.05, 3.63) is 59.2 Å². The standard InChI is InChI=1S/C21H26N2O3/c1-4-15-8-7-9-16(5-2)20(15)22-14-19(24)23-18-12-10-17(11-13-18)21(25)26-6-3/h7-13,22H,4-6,14H2,1-3H3,(H,23,24). The first-order chi connectivity index (χ1) is 12.6. The van der Waals surface area contributed by atoms with E-state index in [0.29, 0.717) is 17.9 Å². The third-order valence-electron chi connectivity index (χ3n) is 4.10. The van der Waals surface area contributed by atoms with Crippen LogP contribution in [0, 0.1) is 0 Å². The van der Waals surface area contributed by atoms with Gasteiger partial charge in [-0.3, -0.25) is 4.79 Å². The molecule has 5 nitrogen and oxygen atoms in total. The number of rotatable bonds is 8. The minimum atomic E-state index is -0.365. The van der Waals surface area contributed by atoms with Gasteiger partial charge in [0.1, 0.15) is 0 Å². The molecule has 1 amide bonds. The quantitative estimate of drug-likeness (QED) is 0.702. The molecule has 0 heterocycles. The number of carbonyl (C=O) groups excluding carboxylic acids is 2. The van der Waals surface area contributed by atoms with E-state index in [1.807, 2.05) is 6.07 Å². The maximum atomic E-state index is 12.2. The SMILES string of the molecule is CCOC(=O)c1ccc(NC(=O)CNc2c(CC)cccc2CC)cc1. The van der Waals surface area contributed by atoms with Gasteiger partial charge in [0.05, 0.1) is 18.7 Å². The Bertz CT molecular complexity index is 732. The van der Waals surface area contributed by atoms with Crippen LogP contribution >= 0.6 is 0 Å².